The number of nitrogens with one attached hydrogen (secondary N) is 1. The summed E-state index contributed by atoms with van der Waals surface area (Å²) < 4.78 is 0. The third-order valence-corrected chi connectivity index (χ3v) is 5.22. The normalized spacial score (nSPS) is 21.8. The van der Waals surface area contributed by atoms with Crippen LogP contribution in [0.15, 0.2) is 18.3 Å². The Morgan fingerprint density at radius 3 is 2.64 bits per heavy atom. The first-order valence-electron chi connectivity index (χ1n) is 9.52. The number of aromatic nitrogens is 1. The van der Waals surface area contributed by atoms with Crippen LogP contribution in [0.3, 0.4) is 0 Å². The van der Waals surface area contributed by atoms with Gasteiger partial charge >= 0.3 is 6.03 Å². The molecule has 2 fully saturated rings. The summed E-state index contributed by atoms with van der Waals surface area (Å²) in [6.45, 7) is 4.89. The van der Waals surface area contributed by atoms with E-state index in [1.807, 2.05) is 30.1 Å². The van der Waals surface area contributed by atoms with Gasteiger partial charge in [-0.2, -0.15) is 0 Å². The summed E-state index contributed by atoms with van der Waals surface area (Å²) in [5.74, 6) is 0.990. The van der Waals surface area contributed by atoms with E-state index in [0.29, 0.717) is 6.04 Å². The molecule has 0 aliphatic carbocycles. The van der Waals surface area contributed by atoms with Crippen LogP contribution in [0.1, 0.15) is 37.7 Å². The maximum Gasteiger partial charge on any atom is 0.317 e. The second-order valence-corrected chi connectivity index (χ2v) is 7.47. The molecule has 3 heterocycles. The number of urea groups is 1. The number of anilines is 1. The van der Waals surface area contributed by atoms with Crippen molar-refractivity contribution in [2.24, 2.45) is 0 Å². The largest absolute Gasteiger partial charge is 0.363 e. The third kappa shape index (κ3) is 5.08. The molecule has 138 valence electrons. The molecule has 6 heteroatoms. The molecular formula is C19H31N5O. The fourth-order valence-corrected chi connectivity index (χ4v) is 3.68. The molecule has 25 heavy (non-hydrogen) atoms. The Morgan fingerprint density at radius 2 is 1.96 bits per heavy atom. The van der Waals surface area contributed by atoms with Gasteiger partial charge in [-0.15, -0.1) is 0 Å². The lowest BCUT2D eigenvalue weighted by Crippen LogP contribution is -2.43. The van der Waals surface area contributed by atoms with Gasteiger partial charge in [0.25, 0.3) is 0 Å². The summed E-state index contributed by atoms with van der Waals surface area (Å²) in [5, 5.41) is 3.25. The predicted molar refractivity (Wildman–Crippen MR) is 101 cm³/mol. The van der Waals surface area contributed by atoms with Crippen LogP contribution in [0.5, 0.6) is 0 Å². The minimum absolute atomic E-state index is 0.138. The highest BCUT2D eigenvalue weighted by atomic mass is 16.2. The number of hydrogen-bond acceptors (Lipinski definition) is 4. The van der Waals surface area contributed by atoms with Crippen LogP contribution in [-0.4, -0.2) is 67.1 Å². The molecule has 1 atom stereocenters. The average Bonchev–Trinajstić information content (AvgIpc) is 3.06. The highest BCUT2D eigenvalue weighted by molar-refractivity contribution is 5.74. The molecule has 2 saturated heterocycles. The van der Waals surface area contributed by atoms with Crippen molar-refractivity contribution in [3.8, 4) is 0 Å². The van der Waals surface area contributed by atoms with Crippen LogP contribution in [0, 0.1) is 0 Å². The number of carbonyl (C=O) groups is 1. The Hall–Kier alpha value is -1.82. The molecule has 0 bridgehead atoms. The Bertz CT molecular complexity index is 553. The Balaban J connectivity index is 1.47. The topological polar surface area (TPSA) is 51.7 Å². The van der Waals surface area contributed by atoms with Gasteiger partial charge in [0.05, 0.1) is 0 Å². The van der Waals surface area contributed by atoms with Crippen molar-refractivity contribution >= 4 is 11.8 Å². The Labute approximate surface area is 151 Å². The van der Waals surface area contributed by atoms with Gasteiger partial charge in [-0.25, -0.2) is 9.78 Å². The highest BCUT2D eigenvalue weighted by Crippen LogP contribution is 2.16. The van der Waals surface area contributed by atoms with E-state index in [1.54, 1.807) is 0 Å². The van der Waals surface area contributed by atoms with Crippen molar-refractivity contribution in [1.29, 1.82) is 0 Å². The van der Waals surface area contributed by atoms with Gasteiger partial charge in [0.1, 0.15) is 5.82 Å². The summed E-state index contributed by atoms with van der Waals surface area (Å²) in [4.78, 5) is 23.2. The number of pyridine rings is 1. The minimum atomic E-state index is 0.138. The van der Waals surface area contributed by atoms with Crippen molar-refractivity contribution in [2.75, 3.05) is 45.2 Å². The number of amides is 2. The number of nitrogens with zero attached hydrogens (tertiary/aromatic N) is 4. The van der Waals surface area contributed by atoms with Crippen molar-refractivity contribution in [3.63, 3.8) is 0 Å². The molecule has 6 nitrogen and oxygen atoms in total. The maximum atomic E-state index is 12.3. The molecule has 1 N–H and O–H groups in total. The van der Waals surface area contributed by atoms with Gasteiger partial charge < -0.3 is 15.1 Å². The van der Waals surface area contributed by atoms with Crippen molar-refractivity contribution in [1.82, 2.24) is 20.1 Å². The lowest BCUT2D eigenvalue weighted by atomic mass is 10.1. The van der Waals surface area contributed by atoms with Gasteiger partial charge in [0, 0.05) is 52.5 Å². The van der Waals surface area contributed by atoms with E-state index in [0.717, 1.165) is 70.6 Å². The maximum absolute atomic E-state index is 12.3. The van der Waals surface area contributed by atoms with E-state index in [4.69, 9.17) is 0 Å². The molecule has 0 radical (unpaired) electrons. The molecule has 2 amide bonds. The van der Waals surface area contributed by atoms with Crippen molar-refractivity contribution in [2.45, 2.75) is 44.7 Å². The van der Waals surface area contributed by atoms with E-state index >= 15 is 0 Å². The second-order valence-electron chi connectivity index (χ2n) is 7.47. The zero-order valence-corrected chi connectivity index (χ0v) is 15.6. The predicted octanol–water partition coefficient (Wildman–Crippen LogP) is 2.31. The van der Waals surface area contributed by atoms with Gasteiger partial charge in [0.2, 0.25) is 0 Å². The summed E-state index contributed by atoms with van der Waals surface area (Å²) in [6, 6.07) is 4.69. The molecule has 1 aromatic rings. The molecule has 0 saturated carbocycles. The Morgan fingerprint density at radius 1 is 1.16 bits per heavy atom. The van der Waals surface area contributed by atoms with E-state index < -0.39 is 0 Å². The molecule has 0 unspecified atom stereocenters. The van der Waals surface area contributed by atoms with Crippen LogP contribution in [0.4, 0.5) is 10.6 Å². The van der Waals surface area contributed by atoms with Crippen molar-refractivity contribution in [3.05, 3.63) is 23.9 Å². The van der Waals surface area contributed by atoms with Crippen LogP contribution in [0.25, 0.3) is 0 Å². The van der Waals surface area contributed by atoms with Crippen molar-refractivity contribution < 1.29 is 4.79 Å². The van der Waals surface area contributed by atoms with Gasteiger partial charge in [0.15, 0.2) is 0 Å². The summed E-state index contributed by atoms with van der Waals surface area (Å²) in [6.07, 6.45) is 7.51. The number of carbonyl (C=O) groups excluding carboxylic acids is 1. The molecule has 0 aromatic carbocycles. The van der Waals surface area contributed by atoms with Gasteiger partial charge in [-0.1, -0.05) is 6.07 Å². The smallest absolute Gasteiger partial charge is 0.317 e. The summed E-state index contributed by atoms with van der Waals surface area (Å²) in [7, 11) is 4.01. The van der Waals surface area contributed by atoms with Crippen LogP contribution in [0.2, 0.25) is 0 Å². The molecule has 2 aliphatic heterocycles. The first-order chi connectivity index (χ1) is 12.1. The zero-order valence-electron chi connectivity index (χ0n) is 15.6. The van der Waals surface area contributed by atoms with Crippen LogP contribution < -0.4 is 10.2 Å². The standard InChI is InChI=1S/C19H31N5O/c1-22(2)18-8-7-16(14-20-18)15-23-10-5-6-17(9-13-23)21-19(25)24-11-3-4-12-24/h7-8,14,17H,3-6,9-13,15H2,1-2H3,(H,21,25)/t17-/m1/s1. The molecule has 2 aliphatic rings. The van der Waals surface area contributed by atoms with Gasteiger partial charge in [-0.05, 0) is 50.3 Å². The SMILES string of the molecule is CN(C)c1ccc(CN2CCC[C@@H](NC(=O)N3CCCC3)CC2)cn1. The lowest BCUT2D eigenvalue weighted by molar-refractivity contribution is 0.202. The van der Waals surface area contributed by atoms with E-state index in [-0.39, 0.29) is 6.03 Å². The summed E-state index contributed by atoms with van der Waals surface area (Å²) in [5.41, 5.74) is 1.25. The third-order valence-electron chi connectivity index (χ3n) is 5.22. The number of hydrogen-bond donors (Lipinski definition) is 1. The highest BCUT2D eigenvalue weighted by Gasteiger charge is 2.23. The van der Waals surface area contributed by atoms with Gasteiger partial charge in [-0.3, -0.25) is 4.90 Å². The quantitative estimate of drug-likeness (QED) is 0.910. The van der Waals surface area contributed by atoms with E-state index in [1.165, 1.54) is 5.56 Å². The molecule has 0 spiro atoms. The average molecular weight is 345 g/mol. The number of rotatable bonds is 4. The van der Waals surface area contributed by atoms with E-state index in [2.05, 4.69) is 27.3 Å². The first kappa shape index (κ1) is 18.0. The fourth-order valence-electron chi connectivity index (χ4n) is 3.68. The summed E-state index contributed by atoms with van der Waals surface area (Å²) >= 11 is 0. The minimum Gasteiger partial charge on any atom is -0.363 e. The van der Waals surface area contributed by atoms with E-state index in [9.17, 15) is 4.79 Å². The Kier molecular flexibility index (Phi) is 6.13. The molecular weight excluding hydrogens is 314 g/mol. The zero-order chi connectivity index (χ0) is 17.6. The monoisotopic (exact) mass is 345 g/mol. The second kappa shape index (κ2) is 8.52. The number of likely N-dealkylation sites (tertiary alicyclic amines) is 2. The lowest BCUT2D eigenvalue weighted by Gasteiger charge is -2.23. The van der Waals surface area contributed by atoms with Crippen LogP contribution in [-0.2, 0) is 6.54 Å². The molecule has 3 rings (SSSR count). The van der Waals surface area contributed by atoms with Crippen LogP contribution >= 0.6 is 0 Å². The fraction of sp³-hybridized carbons (Fsp3) is 0.684. The molecule has 1 aromatic heterocycles. The first-order valence-corrected chi connectivity index (χ1v) is 9.52.